The number of rotatable bonds is 25. The first-order chi connectivity index (χ1) is 23.4. The van der Waals surface area contributed by atoms with Crippen molar-refractivity contribution in [1.82, 2.24) is 32.0 Å². The van der Waals surface area contributed by atoms with Crippen LogP contribution < -0.4 is 55.1 Å². The molecule has 19 heteroatoms. The molecule has 0 heterocycles. The van der Waals surface area contributed by atoms with Crippen molar-refractivity contribution < 1.29 is 39.3 Å². The number of guanidine groups is 1. The van der Waals surface area contributed by atoms with Crippen molar-refractivity contribution in [2.75, 3.05) is 26.2 Å². The molecule has 0 fully saturated rings. The maximum Gasteiger partial charge on any atom is 0.328 e. The largest absolute Gasteiger partial charge is 0.508 e. The molecule has 0 saturated heterocycles. The van der Waals surface area contributed by atoms with Crippen LogP contribution in [0.15, 0.2) is 24.3 Å². The molecule has 1 aromatic carbocycles. The summed E-state index contributed by atoms with van der Waals surface area (Å²) >= 11 is 0. The third-order valence-electron chi connectivity index (χ3n) is 7.47. The van der Waals surface area contributed by atoms with Gasteiger partial charge in [0, 0.05) is 13.0 Å². The molecule has 3 unspecified atom stereocenters. The highest BCUT2D eigenvalue weighted by Gasteiger charge is 2.32. The minimum absolute atomic E-state index is 0.0289. The smallest absolute Gasteiger partial charge is 0.328 e. The number of unbranched alkanes of at least 4 members (excludes halogenated alkanes) is 2. The fourth-order valence-electron chi connectivity index (χ4n) is 4.69. The van der Waals surface area contributed by atoms with Crippen LogP contribution in [0.1, 0.15) is 56.9 Å². The molecule has 4 amide bonds. The van der Waals surface area contributed by atoms with E-state index in [4.69, 9.17) is 28.5 Å². The Bertz CT molecular complexity index is 1200. The van der Waals surface area contributed by atoms with Gasteiger partial charge in [0.1, 0.15) is 29.9 Å². The summed E-state index contributed by atoms with van der Waals surface area (Å²) in [4.78, 5) is 65.1. The summed E-state index contributed by atoms with van der Waals surface area (Å²) in [6.07, 6.45) is 2.96. The number of carbonyl (C=O) groups is 5. The van der Waals surface area contributed by atoms with Crippen molar-refractivity contribution in [3.8, 4) is 5.75 Å². The van der Waals surface area contributed by atoms with Crippen molar-refractivity contribution in [1.29, 1.82) is 5.41 Å². The highest BCUT2D eigenvalue weighted by atomic mass is 16.4. The number of carbonyl (C=O) groups excluding carboxylic acids is 4. The monoisotopic (exact) mass is 695 g/mol. The van der Waals surface area contributed by atoms with Crippen LogP contribution in [-0.2, 0) is 30.4 Å². The Hall–Kier alpha value is -4.56. The topological polar surface area (TPSA) is 346 Å². The summed E-state index contributed by atoms with van der Waals surface area (Å²) in [6, 6.07) is -0.298. The number of aromatic hydroxyl groups is 1. The van der Waals surface area contributed by atoms with Gasteiger partial charge in [0.05, 0.1) is 12.6 Å². The number of phenolic OH excluding ortho intramolecular Hbond substituents is 1. The molecule has 5 atom stereocenters. The number of nitrogens with one attached hydrogen (secondary N) is 7. The maximum atomic E-state index is 13.8. The number of benzene rings is 1. The minimum atomic E-state index is -1.64. The van der Waals surface area contributed by atoms with Gasteiger partial charge in [-0.05, 0) is 75.7 Å². The van der Waals surface area contributed by atoms with E-state index in [1.165, 1.54) is 24.3 Å². The van der Waals surface area contributed by atoms with Gasteiger partial charge in [0.25, 0.3) is 0 Å². The molecule has 0 aromatic heterocycles. The summed E-state index contributed by atoms with van der Waals surface area (Å²) in [6.45, 7) is 0.0373. The van der Waals surface area contributed by atoms with E-state index < -0.39 is 66.4 Å². The van der Waals surface area contributed by atoms with Crippen LogP contribution in [0, 0.1) is 5.41 Å². The molecule has 0 aliphatic carbocycles. The summed E-state index contributed by atoms with van der Waals surface area (Å²) in [5, 5.41) is 48.4. The number of carboxylic acids is 1. The first-order valence-corrected chi connectivity index (χ1v) is 16.1. The lowest BCUT2D eigenvalue weighted by molar-refractivity contribution is -0.143. The average Bonchev–Trinajstić information content (AvgIpc) is 3.06. The molecule has 0 aliphatic heterocycles. The zero-order valence-electron chi connectivity index (χ0n) is 27.6. The summed E-state index contributed by atoms with van der Waals surface area (Å²) < 4.78 is 0. The van der Waals surface area contributed by atoms with Crippen LogP contribution in [-0.4, -0.2) is 107 Å². The predicted octanol–water partition coefficient (Wildman–Crippen LogP) is -3.70. The molecule has 18 N–H and O–H groups in total. The number of nitrogens with two attached hydrogens (primary N) is 4. The van der Waals surface area contributed by atoms with E-state index in [0.29, 0.717) is 50.8 Å². The van der Waals surface area contributed by atoms with E-state index in [9.17, 15) is 39.3 Å². The molecule has 276 valence electrons. The quantitative estimate of drug-likeness (QED) is 0.0154. The molecule has 0 aliphatic rings. The van der Waals surface area contributed by atoms with E-state index in [-0.39, 0.29) is 43.9 Å². The van der Waals surface area contributed by atoms with Crippen molar-refractivity contribution in [2.45, 2.75) is 88.0 Å². The molecular formula is C30H53N11O8. The van der Waals surface area contributed by atoms with Gasteiger partial charge in [0.2, 0.25) is 23.6 Å². The SMILES string of the molecule is N=C(N)NCCC[C@H](NC(=O)C(Cc1ccc(O)cc1)NC(=O)[C@H](CCCCN)NC(=O)C(CCCCN)NN)C(=O)NC(CO)C(=O)O. The third kappa shape index (κ3) is 16.9. The van der Waals surface area contributed by atoms with Crippen LogP contribution in [0.5, 0.6) is 5.75 Å². The number of hydrogen-bond donors (Lipinski definition) is 14. The molecule has 0 bridgehead atoms. The van der Waals surface area contributed by atoms with E-state index in [0.717, 1.165) is 0 Å². The van der Waals surface area contributed by atoms with Crippen LogP contribution in [0.2, 0.25) is 0 Å². The van der Waals surface area contributed by atoms with E-state index in [1.54, 1.807) is 0 Å². The Morgan fingerprint density at radius 2 is 1.14 bits per heavy atom. The molecule has 0 spiro atoms. The fourth-order valence-corrected chi connectivity index (χ4v) is 4.69. The Morgan fingerprint density at radius 1 is 0.694 bits per heavy atom. The Kier molecular flexibility index (Phi) is 20.6. The molecular weight excluding hydrogens is 642 g/mol. The van der Waals surface area contributed by atoms with Gasteiger partial charge in [-0.25, -0.2) is 10.2 Å². The Balaban J connectivity index is 3.33. The van der Waals surface area contributed by atoms with E-state index in [2.05, 4.69) is 32.0 Å². The van der Waals surface area contributed by atoms with Gasteiger partial charge >= 0.3 is 5.97 Å². The predicted molar refractivity (Wildman–Crippen MR) is 180 cm³/mol. The average molecular weight is 696 g/mol. The molecule has 1 aromatic rings. The fraction of sp³-hybridized carbons (Fsp3) is 0.600. The summed E-state index contributed by atoms with van der Waals surface area (Å²) in [5.41, 5.74) is 19.5. The van der Waals surface area contributed by atoms with Gasteiger partial charge in [0.15, 0.2) is 5.96 Å². The van der Waals surface area contributed by atoms with Gasteiger partial charge in [-0.2, -0.15) is 0 Å². The molecule has 49 heavy (non-hydrogen) atoms. The lowest BCUT2D eigenvalue weighted by atomic mass is 10.0. The normalized spacial score (nSPS) is 14.0. The minimum Gasteiger partial charge on any atom is -0.508 e. The summed E-state index contributed by atoms with van der Waals surface area (Å²) in [5.74, 6) is 0.820. The van der Waals surface area contributed by atoms with Crippen LogP contribution >= 0.6 is 0 Å². The number of hydrogen-bond acceptors (Lipinski definition) is 12. The van der Waals surface area contributed by atoms with Crippen molar-refractivity contribution in [3.05, 3.63) is 29.8 Å². The number of carboxylic acid groups (broad SMARTS) is 1. The Morgan fingerprint density at radius 3 is 1.61 bits per heavy atom. The van der Waals surface area contributed by atoms with Crippen LogP contribution in [0.3, 0.4) is 0 Å². The van der Waals surface area contributed by atoms with Crippen LogP contribution in [0.4, 0.5) is 0 Å². The first-order valence-electron chi connectivity index (χ1n) is 16.1. The second kappa shape index (κ2) is 23.7. The molecule has 0 radical (unpaired) electrons. The lowest BCUT2D eigenvalue weighted by Crippen LogP contribution is -2.59. The number of aliphatic hydroxyl groups excluding tert-OH is 1. The Labute approximate surface area is 285 Å². The van der Waals surface area contributed by atoms with Crippen molar-refractivity contribution in [3.63, 3.8) is 0 Å². The number of amides is 4. The molecule has 19 nitrogen and oxygen atoms in total. The first kappa shape index (κ1) is 42.5. The number of aliphatic carboxylic acids is 1. The standard InChI is InChI=1S/C30H53N11O8/c31-13-3-1-6-20(37-27(46)22(41-35)7-2-4-14-32)25(44)39-23(16-18-9-11-19(43)12-10-18)28(47)38-21(8-5-15-36-30(33)34)26(45)40-24(17-42)29(48)49/h9-12,20-24,41-43H,1-8,13-17,31-32,35H2,(H,37,46)(H,38,47)(H,39,44)(H,40,45)(H,48,49)(H4,33,34,36)/t20-,21-,22?,23?,24?/m0/s1. The van der Waals surface area contributed by atoms with Crippen molar-refractivity contribution in [2.24, 2.45) is 23.0 Å². The van der Waals surface area contributed by atoms with Gasteiger partial charge in [-0.15, -0.1) is 0 Å². The van der Waals surface area contributed by atoms with E-state index in [1.807, 2.05) is 0 Å². The number of aliphatic hydroxyl groups is 1. The highest BCUT2D eigenvalue weighted by Crippen LogP contribution is 2.13. The van der Waals surface area contributed by atoms with Gasteiger partial charge in [-0.1, -0.05) is 18.6 Å². The van der Waals surface area contributed by atoms with Crippen molar-refractivity contribution >= 4 is 35.6 Å². The van der Waals surface area contributed by atoms with Crippen LogP contribution in [0.25, 0.3) is 0 Å². The maximum absolute atomic E-state index is 13.8. The summed E-state index contributed by atoms with van der Waals surface area (Å²) in [7, 11) is 0. The third-order valence-corrected chi connectivity index (χ3v) is 7.47. The highest BCUT2D eigenvalue weighted by molar-refractivity contribution is 5.95. The number of hydrazine groups is 1. The van der Waals surface area contributed by atoms with Gasteiger partial charge in [-0.3, -0.25) is 30.4 Å². The second-order valence-electron chi connectivity index (χ2n) is 11.4. The van der Waals surface area contributed by atoms with E-state index >= 15 is 0 Å². The lowest BCUT2D eigenvalue weighted by Gasteiger charge is -2.27. The number of phenols is 1. The zero-order chi connectivity index (χ0) is 36.8. The molecule has 1 rings (SSSR count). The molecule has 0 saturated carbocycles. The zero-order valence-corrected chi connectivity index (χ0v) is 27.6. The second-order valence-corrected chi connectivity index (χ2v) is 11.4. The van der Waals surface area contributed by atoms with Gasteiger partial charge < -0.3 is 59.1 Å².